The third-order valence-corrected chi connectivity index (χ3v) is 4.59. The van der Waals surface area contributed by atoms with Crippen molar-refractivity contribution in [2.24, 2.45) is 0 Å². The van der Waals surface area contributed by atoms with Crippen LogP contribution >= 0.6 is 0 Å². The SMILES string of the molecule is Cc1ncnc(C)c1C(=O)N1CCCN(Cc2c[nH]c(C#N)c2)CC1. The van der Waals surface area contributed by atoms with Crippen LogP contribution in [0.15, 0.2) is 18.6 Å². The monoisotopic (exact) mass is 338 g/mol. The second-order valence-electron chi connectivity index (χ2n) is 6.37. The quantitative estimate of drug-likeness (QED) is 0.919. The van der Waals surface area contributed by atoms with Gasteiger partial charge in [0.1, 0.15) is 18.1 Å². The van der Waals surface area contributed by atoms with E-state index in [4.69, 9.17) is 5.26 Å². The van der Waals surface area contributed by atoms with Crippen LogP contribution in [0, 0.1) is 25.2 Å². The molecule has 25 heavy (non-hydrogen) atoms. The second kappa shape index (κ2) is 7.45. The number of hydrogen-bond acceptors (Lipinski definition) is 5. The number of aromatic amines is 1. The first kappa shape index (κ1) is 17.1. The van der Waals surface area contributed by atoms with Crippen LogP contribution in [-0.4, -0.2) is 56.8 Å². The Hall–Kier alpha value is -2.72. The van der Waals surface area contributed by atoms with Gasteiger partial charge in [0.15, 0.2) is 0 Å². The van der Waals surface area contributed by atoms with Crippen molar-refractivity contribution in [3.05, 3.63) is 46.8 Å². The lowest BCUT2D eigenvalue weighted by molar-refractivity contribution is 0.0758. The van der Waals surface area contributed by atoms with E-state index in [2.05, 4.69) is 25.9 Å². The first-order valence-electron chi connectivity index (χ1n) is 8.45. The van der Waals surface area contributed by atoms with Crippen molar-refractivity contribution in [1.82, 2.24) is 24.8 Å². The Morgan fingerprint density at radius 3 is 2.68 bits per heavy atom. The molecule has 3 heterocycles. The number of nitrogens with one attached hydrogen (secondary N) is 1. The maximum atomic E-state index is 12.9. The van der Waals surface area contributed by atoms with Crippen molar-refractivity contribution in [1.29, 1.82) is 5.26 Å². The fraction of sp³-hybridized carbons (Fsp3) is 0.444. The van der Waals surface area contributed by atoms with Gasteiger partial charge in [-0.15, -0.1) is 0 Å². The molecule has 1 amide bonds. The molecule has 1 saturated heterocycles. The standard InChI is InChI=1S/C18H22N6O/c1-13-17(14(2)22-12-21-13)18(25)24-5-3-4-23(6-7-24)11-15-8-16(9-19)20-10-15/h8,10,12,20H,3-7,11H2,1-2H3. The predicted molar refractivity (Wildman–Crippen MR) is 92.8 cm³/mol. The van der Waals surface area contributed by atoms with Crippen LogP contribution in [0.5, 0.6) is 0 Å². The summed E-state index contributed by atoms with van der Waals surface area (Å²) in [5.41, 5.74) is 3.77. The average molecular weight is 338 g/mol. The van der Waals surface area contributed by atoms with E-state index in [9.17, 15) is 4.79 Å². The van der Waals surface area contributed by atoms with Gasteiger partial charge in [0, 0.05) is 38.9 Å². The lowest BCUT2D eigenvalue weighted by Crippen LogP contribution is -2.36. The van der Waals surface area contributed by atoms with Crippen molar-refractivity contribution >= 4 is 5.91 Å². The Kier molecular flexibility index (Phi) is 5.10. The highest BCUT2D eigenvalue weighted by Gasteiger charge is 2.23. The van der Waals surface area contributed by atoms with Crippen LogP contribution in [-0.2, 0) is 6.54 Å². The molecule has 2 aromatic rings. The maximum absolute atomic E-state index is 12.9. The summed E-state index contributed by atoms with van der Waals surface area (Å²) in [7, 11) is 0. The zero-order valence-electron chi connectivity index (χ0n) is 14.6. The van der Waals surface area contributed by atoms with E-state index < -0.39 is 0 Å². The van der Waals surface area contributed by atoms with E-state index >= 15 is 0 Å². The van der Waals surface area contributed by atoms with Crippen molar-refractivity contribution in [3.8, 4) is 6.07 Å². The summed E-state index contributed by atoms with van der Waals surface area (Å²) in [5.74, 6) is 0.0193. The molecular weight excluding hydrogens is 316 g/mol. The number of rotatable bonds is 3. The molecule has 7 heteroatoms. The summed E-state index contributed by atoms with van der Waals surface area (Å²) in [5, 5.41) is 8.90. The second-order valence-corrected chi connectivity index (χ2v) is 6.37. The zero-order valence-corrected chi connectivity index (χ0v) is 14.6. The van der Waals surface area contributed by atoms with Crippen LogP contribution in [0.4, 0.5) is 0 Å². The lowest BCUT2D eigenvalue weighted by atomic mass is 10.1. The highest BCUT2D eigenvalue weighted by molar-refractivity contribution is 5.96. The molecule has 0 atom stereocenters. The molecule has 0 aromatic carbocycles. The van der Waals surface area contributed by atoms with E-state index in [-0.39, 0.29) is 5.91 Å². The minimum Gasteiger partial charge on any atom is -0.353 e. The number of nitrogens with zero attached hydrogens (tertiary/aromatic N) is 5. The molecule has 0 spiro atoms. The van der Waals surface area contributed by atoms with Gasteiger partial charge in [-0.25, -0.2) is 9.97 Å². The first-order valence-corrected chi connectivity index (χ1v) is 8.45. The summed E-state index contributed by atoms with van der Waals surface area (Å²) in [4.78, 5) is 28.4. The summed E-state index contributed by atoms with van der Waals surface area (Å²) >= 11 is 0. The van der Waals surface area contributed by atoms with E-state index in [0.717, 1.165) is 49.6 Å². The van der Waals surface area contributed by atoms with Gasteiger partial charge in [-0.2, -0.15) is 5.26 Å². The van der Waals surface area contributed by atoms with Gasteiger partial charge < -0.3 is 9.88 Å². The van der Waals surface area contributed by atoms with E-state index in [1.54, 1.807) is 0 Å². The van der Waals surface area contributed by atoms with Crippen LogP contribution in [0.25, 0.3) is 0 Å². The Morgan fingerprint density at radius 2 is 2.00 bits per heavy atom. The molecule has 0 unspecified atom stereocenters. The molecule has 1 aliphatic heterocycles. The number of aromatic nitrogens is 3. The smallest absolute Gasteiger partial charge is 0.257 e. The van der Waals surface area contributed by atoms with Gasteiger partial charge in [0.05, 0.1) is 17.0 Å². The van der Waals surface area contributed by atoms with Gasteiger partial charge in [-0.1, -0.05) is 0 Å². The topological polar surface area (TPSA) is 88.9 Å². The van der Waals surface area contributed by atoms with E-state index in [1.165, 1.54) is 6.33 Å². The zero-order chi connectivity index (χ0) is 17.8. The average Bonchev–Trinajstić information content (AvgIpc) is 2.91. The number of hydrogen-bond donors (Lipinski definition) is 1. The van der Waals surface area contributed by atoms with Gasteiger partial charge in [0.2, 0.25) is 0 Å². The van der Waals surface area contributed by atoms with Crippen molar-refractivity contribution in [3.63, 3.8) is 0 Å². The summed E-state index contributed by atoms with van der Waals surface area (Å²) in [6, 6.07) is 3.99. The van der Waals surface area contributed by atoms with Gasteiger partial charge in [-0.05, 0) is 31.9 Å². The number of carbonyl (C=O) groups is 1. The Morgan fingerprint density at radius 1 is 1.24 bits per heavy atom. The number of H-pyrrole nitrogens is 1. The molecule has 0 radical (unpaired) electrons. The van der Waals surface area contributed by atoms with Crippen LogP contribution < -0.4 is 0 Å². The summed E-state index contributed by atoms with van der Waals surface area (Å²) < 4.78 is 0. The lowest BCUT2D eigenvalue weighted by Gasteiger charge is -2.22. The number of carbonyl (C=O) groups excluding carboxylic acids is 1. The number of amides is 1. The highest BCUT2D eigenvalue weighted by atomic mass is 16.2. The fourth-order valence-corrected chi connectivity index (χ4v) is 3.25. The molecule has 7 nitrogen and oxygen atoms in total. The van der Waals surface area contributed by atoms with Gasteiger partial charge in [-0.3, -0.25) is 9.69 Å². The van der Waals surface area contributed by atoms with Crippen molar-refractivity contribution < 1.29 is 4.79 Å². The Labute approximate surface area is 147 Å². The van der Waals surface area contributed by atoms with Crippen LogP contribution in [0.1, 0.15) is 39.4 Å². The molecule has 130 valence electrons. The molecule has 0 aliphatic carbocycles. The van der Waals surface area contributed by atoms with Crippen molar-refractivity contribution in [2.45, 2.75) is 26.8 Å². The van der Waals surface area contributed by atoms with Gasteiger partial charge in [0.25, 0.3) is 5.91 Å². The molecule has 1 N–H and O–H groups in total. The number of aryl methyl sites for hydroxylation is 2. The first-order chi connectivity index (χ1) is 12.1. The largest absolute Gasteiger partial charge is 0.353 e. The van der Waals surface area contributed by atoms with Crippen LogP contribution in [0.2, 0.25) is 0 Å². The molecule has 1 fully saturated rings. The Bertz CT molecular complexity index is 786. The summed E-state index contributed by atoms with van der Waals surface area (Å²) in [6.45, 7) is 7.65. The van der Waals surface area contributed by atoms with Crippen LogP contribution in [0.3, 0.4) is 0 Å². The minimum atomic E-state index is 0.0193. The maximum Gasteiger partial charge on any atom is 0.257 e. The molecule has 0 saturated carbocycles. The molecule has 0 bridgehead atoms. The van der Waals surface area contributed by atoms with Crippen molar-refractivity contribution in [2.75, 3.05) is 26.2 Å². The third kappa shape index (κ3) is 3.86. The molecule has 1 aliphatic rings. The molecule has 3 rings (SSSR count). The van der Waals surface area contributed by atoms with Gasteiger partial charge >= 0.3 is 0 Å². The van der Waals surface area contributed by atoms with E-state index in [0.29, 0.717) is 17.8 Å². The minimum absolute atomic E-state index is 0.0193. The molecular formula is C18H22N6O. The number of nitriles is 1. The Balaban J connectivity index is 1.65. The normalized spacial score (nSPS) is 15.6. The predicted octanol–water partition coefficient (Wildman–Crippen LogP) is 1.64. The highest BCUT2D eigenvalue weighted by Crippen LogP contribution is 2.15. The summed E-state index contributed by atoms with van der Waals surface area (Å²) in [6.07, 6.45) is 4.30. The molecule has 2 aromatic heterocycles. The fourth-order valence-electron chi connectivity index (χ4n) is 3.25. The third-order valence-electron chi connectivity index (χ3n) is 4.59. The van der Waals surface area contributed by atoms with E-state index in [1.807, 2.05) is 31.0 Å².